The van der Waals surface area contributed by atoms with Crippen LogP contribution in [0.4, 0.5) is 5.82 Å². The zero-order chi connectivity index (χ0) is 12.4. The molecule has 6 nitrogen and oxygen atoms in total. The normalized spacial score (nSPS) is 11.2. The summed E-state index contributed by atoms with van der Waals surface area (Å²) in [6, 6.07) is 3.64. The number of aromatic nitrogens is 2. The number of hydrogen-bond donors (Lipinski definition) is 2. The van der Waals surface area contributed by atoms with Crippen LogP contribution in [0.25, 0.3) is 5.65 Å². The Morgan fingerprint density at radius 1 is 1.59 bits per heavy atom. The van der Waals surface area contributed by atoms with Crippen LogP contribution in [0.15, 0.2) is 28.3 Å². The predicted molar refractivity (Wildman–Crippen MR) is 65.1 cm³/mol. The van der Waals surface area contributed by atoms with E-state index in [4.69, 9.17) is 5.21 Å². The van der Waals surface area contributed by atoms with Crippen LogP contribution in [0.3, 0.4) is 0 Å². The van der Waals surface area contributed by atoms with Gasteiger partial charge in [-0.1, -0.05) is 11.2 Å². The third-order valence-electron chi connectivity index (χ3n) is 2.51. The fraction of sp³-hybridized carbons (Fsp3) is 0.182. The highest BCUT2D eigenvalue weighted by Crippen LogP contribution is 2.11. The second-order valence-corrected chi connectivity index (χ2v) is 3.56. The third kappa shape index (κ3) is 1.73. The fourth-order valence-corrected chi connectivity index (χ4v) is 1.68. The van der Waals surface area contributed by atoms with Gasteiger partial charge in [0.25, 0.3) is 5.56 Å². The van der Waals surface area contributed by atoms with Gasteiger partial charge >= 0.3 is 0 Å². The van der Waals surface area contributed by atoms with Crippen molar-refractivity contribution in [2.24, 2.45) is 5.16 Å². The van der Waals surface area contributed by atoms with E-state index in [2.05, 4.69) is 15.5 Å². The summed E-state index contributed by atoms with van der Waals surface area (Å²) < 4.78 is 1.42. The molecule has 0 saturated heterocycles. The van der Waals surface area contributed by atoms with E-state index in [1.807, 2.05) is 13.0 Å². The summed E-state index contributed by atoms with van der Waals surface area (Å²) in [6.07, 6.45) is 2.71. The maximum Gasteiger partial charge on any atom is 0.268 e. The average Bonchev–Trinajstić information content (AvgIpc) is 2.33. The van der Waals surface area contributed by atoms with Crippen LogP contribution >= 0.6 is 0 Å². The van der Waals surface area contributed by atoms with Crippen LogP contribution in [0.2, 0.25) is 0 Å². The van der Waals surface area contributed by atoms with Gasteiger partial charge in [0.05, 0.1) is 6.21 Å². The molecular weight excluding hydrogens is 220 g/mol. The molecule has 2 N–H and O–H groups in total. The maximum atomic E-state index is 12.1. The number of nitrogens with zero attached hydrogens (tertiary/aromatic N) is 3. The molecule has 0 radical (unpaired) electrons. The molecule has 2 rings (SSSR count). The Hall–Kier alpha value is -2.37. The van der Waals surface area contributed by atoms with Gasteiger partial charge in [0, 0.05) is 13.2 Å². The zero-order valence-electron chi connectivity index (χ0n) is 9.51. The van der Waals surface area contributed by atoms with E-state index in [1.165, 1.54) is 4.40 Å². The molecule has 0 aliphatic rings. The summed E-state index contributed by atoms with van der Waals surface area (Å²) in [5, 5.41) is 14.3. The van der Waals surface area contributed by atoms with E-state index in [-0.39, 0.29) is 11.1 Å². The fourth-order valence-electron chi connectivity index (χ4n) is 1.68. The van der Waals surface area contributed by atoms with Gasteiger partial charge in [0.15, 0.2) is 0 Å². The zero-order valence-corrected chi connectivity index (χ0v) is 9.51. The molecule has 2 aromatic rings. The number of aryl methyl sites for hydroxylation is 1. The monoisotopic (exact) mass is 232 g/mol. The lowest BCUT2D eigenvalue weighted by molar-refractivity contribution is 0.322. The first-order valence-electron chi connectivity index (χ1n) is 5.06. The van der Waals surface area contributed by atoms with Crippen LogP contribution in [-0.2, 0) is 0 Å². The van der Waals surface area contributed by atoms with E-state index in [0.717, 1.165) is 11.8 Å². The second-order valence-electron chi connectivity index (χ2n) is 3.56. The molecule has 0 aliphatic carbocycles. The molecule has 0 spiro atoms. The lowest BCUT2D eigenvalue weighted by Crippen LogP contribution is -2.22. The summed E-state index contributed by atoms with van der Waals surface area (Å²) in [4.78, 5) is 16.5. The molecule has 88 valence electrons. The molecule has 0 fully saturated rings. The number of hydrogen-bond acceptors (Lipinski definition) is 5. The van der Waals surface area contributed by atoms with Crippen molar-refractivity contribution >= 4 is 17.7 Å². The number of nitrogens with one attached hydrogen (secondary N) is 1. The van der Waals surface area contributed by atoms with Crippen molar-refractivity contribution in [1.82, 2.24) is 9.38 Å². The maximum absolute atomic E-state index is 12.1. The molecule has 0 unspecified atom stereocenters. The van der Waals surface area contributed by atoms with Crippen molar-refractivity contribution in [2.75, 3.05) is 12.4 Å². The predicted octanol–water partition coefficient (Wildman–Crippen LogP) is 0.853. The van der Waals surface area contributed by atoms with Gasteiger partial charge in [-0.2, -0.15) is 0 Å². The first-order chi connectivity index (χ1) is 8.19. The third-order valence-corrected chi connectivity index (χ3v) is 2.51. The summed E-state index contributed by atoms with van der Waals surface area (Å²) in [5.74, 6) is 0.391. The Kier molecular flexibility index (Phi) is 2.78. The summed E-state index contributed by atoms with van der Waals surface area (Å²) in [6.45, 7) is 1.88. The van der Waals surface area contributed by atoms with Gasteiger partial charge in [-0.25, -0.2) is 4.98 Å². The second kappa shape index (κ2) is 4.25. The Labute approximate surface area is 97.2 Å². The minimum atomic E-state index is -0.277. The standard InChI is InChI=1S/C11H12N4O2/c1-7-4-3-5-15-10(7)14-9(12-2)8(6-13-17)11(15)16/h3-6,12,17H,1-2H3/b13-6+. The Morgan fingerprint density at radius 3 is 3.00 bits per heavy atom. The Balaban J connectivity index is 2.93. The highest BCUT2D eigenvalue weighted by atomic mass is 16.4. The SMILES string of the molecule is CNc1nc2c(C)cccn2c(=O)c1/C=N/O. The minimum absolute atomic E-state index is 0.220. The first kappa shape index (κ1) is 11.1. The summed E-state index contributed by atoms with van der Waals surface area (Å²) in [7, 11) is 1.66. The number of rotatable bonds is 2. The van der Waals surface area contributed by atoms with E-state index in [9.17, 15) is 4.79 Å². The van der Waals surface area contributed by atoms with Gasteiger partial charge in [-0.05, 0) is 18.6 Å². The Bertz CT molecular complexity index is 646. The van der Waals surface area contributed by atoms with Crippen LogP contribution in [-0.4, -0.2) is 27.9 Å². The van der Waals surface area contributed by atoms with Crippen molar-refractivity contribution in [3.8, 4) is 0 Å². The molecule has 0 amide bonds. The van der Waals surface area contributed by atoms with Crippen LogP contribution < -0.4 is 10.9 Å². The number of fused-ring (bicyclic) bond motifs is 1. The van der Waals surface area contributed by atoms with E-state index in [1.54, 1.807) is 19.3 Å². The molecular formula is C11H12N4O2. The molecule has 0 saturated carbocycles. The van der Waals surface area contributed by atoms with E-state index in [0.29, 0.717) is 11.5 Å². The largest absolute Gasteiger partial charge is 0.411 e. The van der Waals surface area contributed by atoms with Crippen molar-refractivity contribution in [1.29, 1.82) is 0 Å². The van der Waals surface area contributed by atoms with E-state index < -0.39 is 0 Å². The van der Waals surface area contributed by atoms with Gasteiger partial charge in [0.1, 0.15) is 17.0 Å². The van der Waals surface area contributed by atoms with Crippen LogP contribution in [0.5, 0.6) is 0 Å². The van der Waals surface area contributed by atoms with Gasteiger partial charge in [-0.3, -0.25) is 9.20 Å². The molecule has 2 aromatic heterocycles. The number of oxime groups is 1. The van der Waals surface area contributed by atoms with Gasteiger partial charge < -0.3 is 10.5 Å². The quantitative estimate of drug-likeness (QED) is 0.457. The summed E-state index contributed by atoms with van der Waals surface area (Å²) >= 11 is 0. The first-order valence-corrected chi connectivity index (χ1v) is 5.06. The molecule has 17 heavy (non-hydrogen) atoms. The van der Waals surface area contributed by atoms with Gasteiger partial charge in [-0.15, -0.1) is 0 Å². The molecule has 0 atom stereocenters. The van der Waals surface area contributed by atoms with Crippen LogP contribution in [0, 0.1) is 6.92 Å². The lowest BCUT2D eigenvalue weighted by Gasteiger charge is -2.08. The Morgan fingerprint density at radius 2 is 2.35 bits per heavy atom. The average molecular weight is 232 g/mol. The smallest absolute Gasteiger partial charge is 0.268 e. The molecule has 0 aliphatic heterocycles. The summed E-state index contributed by atoms with van der Waals surface area (Å²) in [5.41, 5.74) is 1.42. The van der Waals surface area contributed by atoms with Crippen molar-refractivity contribution in [3.63, 3.8) is 0 Å². The van der Waals surface area contributed by atoms with Crippen molar-refractivity contribution in [2.45, 2.75) is 6.92 Å². The number of pyridine rings is 1. The lowest BCUT2D eigenvalue weighted by atomic mass is 10.2. The number of anilines is 1. The molecule has 0 bridgehead atoms. The molecule has 0 aromatic carbocycles. The van der Waals surface area contributed by atoms with Crippen LogP contribution in [0.1, 0.15) is 11.1 Å². The van der Waals surface area contributed by atoms with Crippen molar-refractivity contribution < 1.29 is 5.21 Å². The van der Waals surface area contributed by atoms with E-state index >= 15 is 0 Å². The molecule has 2 heterocycles. The van der Waals surface area contributed by atoms with Crippen molar-refractivity contribution in [3.05, 3.63) is 39.8 Å². The highest BCUT2D eigenvalue weighted by molar-refractivity contribution is 5.86. The van der Waals surface area contributed by atoms with Gasteiger partial charge in [0.2, 0.25) is 0 Å². The molecule has 6 heteroatoms. The minimum Gasteiger partial charge on any atom is -0.411 e. The highest BCUT2D eigenvalue weighted by Gasteiger charge is 2.10. The topological polar surface area (TPSA) is 79.0 Å².